The van der Waals surface area contributed by atoms with Gasteiger partial charge in [0.05, 0.1) is 35.7 Å². The fraction of sp³-hybridized carbons (Fsp3) is 0.308. The highest BCUT2D eigenvalue weighted by atomic mass is 32.1. The van der Waals surface area contributed by atoms with Crippen LogP contribution in [-0.4, -0.2) is 66.2 Å². The molecule has 0 saturated carbocycles. The molecule has 5 heterocycles. The van der Waals surface area contributed by atoms with Gasteiger partial charge in [-0.05, 0) is 49.2 Å². The lowest BCUT2D eigenvalue weighted by Gasteiger charge is -2.32. The van der Waals surface area contributed by atoms with E-state index in [1.54, 1.807) is 22.1 Å². The zero-order valence-corrected chi connectivity index (χ0v) is 20.8. The van der Waals surface area contributed by atoms with Crippen molar-refractivity contribution in [1.29, 1.82) is 0 Å². The minimum atomic E-state index is -0.367. The van der Waals surface area contributed by atoms with Crippen molar-refractivity contribution >= 4 is 56.5 Å². The van der Waals surface area contributed by atoms with Crippen LogP contribution >= 0.6 is 11.3 Å². The Balaban J connectivity index is 1.27. The molecule has 11 heteroatoms. The quantitative estimate of drug-likeness (QED) is 0.481. The van der Waals surface area contributed by atoms with Gasteiger partial charge in [-0.15, -0.1) is 11.3 Å². The summed E-state index contributed by atoms with van der Waals surface area (Å²) < 4.78 is 11.0. The van der Waals surface area contributed by atoms with Gasteiger partial charge in [-0.3, -0.25) is 14.5 Å². The summed E-state index contributed by atoms with van der Waals surface area (Å²) in [6, 6.07) is 8.52. The molecule has 2 aromatic heterocycles. The summed E-state index contributed by atoms with van der Waals surface area (Å²) in [6.45, 7) is 5.77. The van der Waals surface area contributed by atoms with Crippen LogP contribution in [0.5, 0.6) is 5.75 Å². The van der Waals surface area contributed by atoms with Crippen LogP contribution < -0.4 is 20.3 Å². The Morgan fingerprint density at radius 1 is 1.24 bits per heavy atom. The molecule has 3 aliphatic heterocycles. The number of nitrogens with zero attached hydrogens (tertiary/aromatic N) is 3. The van der Waals surface area contributed by atoms with Crippen molar-refractivity contribution in [3.63, 3.8) is 0 Å². The molecule has 3 aliphatic rings. The van der Waals surface area contributed by atoms with E-state index in [1.165, 1.54) is 17.4 Å². The average Bonchev–Trinajstić information content (AvgIpc) is 3.26. The third-order valence-corrected chi connectivity index (χ3v) is 7.80. The number of carbonyl (C=O) groups is 3. The lowest BCUT2D eigenvalue weighted by Crippen LogP contribution is -2.49. The first-order chi connectivity index (χ1) is 18.0. The highest BCUT2D eigenvalue weighted by Gasteiger charge is 2.34. The molecule has 2 fully saturated rings. The van der Waals surface area contributed by atoms with E-state index in [4.69, 9.17) is 9.47 Å². The number of hydrogen-bond acceptors (Lipinski definition) is 7. The number of anilines is 3. The van der Waals surface area contributed by atoms with E-state index in [-0.39, 0.29) is 30.0 Å². The van der Waals surface area contributed by atoms with E-state index in [2.05, 4.69) is 22.2 Å². The third-order valence-electron chi connectivity index (χ3n) is 6.70. The van der Waals surface area contributed by atoms with Crippen LogP contribution in [0.4, 0.5) is 21.9 Å². The number of benzene rings is 1. The van der Waals surface area contributed by atoms with Crippen molar-refractivity contribution in [3.05, 3.63) is 54.1 Å². The number of pyridine rings is 1. The van der Waals surface area contributed by atoms with E-state index >= 15 is 0 Å². The Morgan fingerprint density at radius 3 is 2.78 bits per heavy atom. The van der Waals surface area contributed by atoms with E-state index in [9.17, 15) is 14.4 Å². The van der Waals surface area contributed by atoms with Gasteiger partial charge in [-0.2, -0.15) is 0 Å². The highest BCUT2D eigenvalue weighted by molar-refractivity contribution is 7.21. The second-order valence-electron chi connectivity index (χ2n) is 9.15. The van der Waals surface area contributed by atoms with Crippen LogP contribution in [0.1, 0.15) is 22.5 Å². The van der Waals surface area contributed by atoms with Crippen LogP contribution in [0, 0.1) is 0 Å². The smallest absolute Gasteiger partial charge is 0.331 e. The van der Waals surface area contributed by atoms with Crippen LogP contribution in [0.2, 0.25) is 0 Å². The molecule has 2 saturated heterocycles. The summed E-state index contributed by atoms with van der Waals surface area (Å²) >= 11 is 1.24. The fourth-order valence-corrected chi connectivity index (χ4v) is 5.85. The second kappa shape index (κ2) is 9.49. The van der Waals surface area contributed by atoms with Gasteiger partial charge in [0.15, 0.2) is 0 Å². The van der Waals surface area contributed by atoms with Gasteiger partial charge in [0, 0.05) is 25.3 Å². The molecule has 1 unspecified atom stereocenters. The molecule has 10 nitrogen and oxygen atoms in total. The first-order valence-corrected chi connectivity index (χ1v) is 12.9. The van der Waals surface area contributed by atoms with E-state index < -0.39 is 0 Å². The summed E-state index contributed by atoms with van der Waals surface area (Å²) in [4.78, 5) is 47.4. The number of likely N-dealkylation sites (tertiary alicyclic amines) is 1. The number of thiophene rings is 1. The third kappa shape index (κ3) is 4.30. The van der Waals surface area contributed by atoms with E-state index in [1.807, 2.05) is 24.3 Å². The first-order valence-electron chi connectivity index (χ1n) is 12.1. The Hall–Kier alpha value is -3.96. The minimum Gasteiger partial charge on any atom is -0.486 e. The van der Waals surface area contributed by atoms with Gasteiger partial charge in [0.25, 0.3) is 5.91 Å². The van der Waals surface area contributed by atoms with Crippen LogP contribution in [0.25, 0.3) is 10.2 Å². The number of nitrogens with one attached hydrogen (secondary N) is 2. The maximum absolute atomic E-state index is 13.3. The Morgan fingerprint density at radius 2 is 2.05 bits per heavy atom. The van der Waals surface area contributed by atoms with Crippen molar-refractivity contribution in [1.82, 2.24) is 15.2 Å². The normalized spacial score (nSPS) is 19.2. The molecule has 0 aliphatic carbocycles. The van der Waals surface area contributed by atoms with Crippen molar-refractivity contribution < 1.29 is 23.9 Å². The summed E-state index contributed by atoms with van der Waals surface area (Å²) in [6.07, 6.45) is 4.54. The van der Waals surface area contributed by atoms with Gasteiger partial charge >= 0.3 is 6.03 Å². The van der Waals surface area contributed by atoms with Crippen molar-refractivity contribution in [2.75, 3.05) is 36.5 Å². The number of hydrogen-bond donors (Lipinski definition) is 2. The van der Waals surface area contributed by atoms with Gasteiger partial charge in [-0.1, -0.05) is 6.58 Å². The van der Waals surface area contributed by atoms with Crippen molar-refractivity contribution in [3.8, 4) is 5.75 Å². The van der Waals surface area contributed by atoms with Crippen molar-refractivity contribution in [2.45, 2.75) is 25.0 Å². The number of amides is 4. The van der Waals surface area contributed by atoms with E-state index in [0.717, 1.165) is 18.2 Å². The molecular formula is C26H25N5O5S. The van der Waals surface area contributed by atoms with Crippen molar-refractivity contribution in [2.24, 2.45) is 0 Å². The van der Waals surface area contributed by atoms with E-state index in [0.29, 0.717) is 58.8 Å². The molecule has 1 aromatic carbocycles. The number of carbonyl (C=O) groups excluding carboxylic acids is 3. The number of ether oxygens (including phenoxy) is 2. The predicted octanol–water partition coefficient (Wildman–Crippen LogP) is 3.66. The molecule has 0 radical (unpaired) electrons. The summed E-state index contributed by atoms with van der Waals surface area (Å²) in [5.74, 6) is 0.270. The minimum absolute atomic E-state index is 0.0565. The van der Waals surface area contributed by atoms with Crippen LogP contribution in [0.3, 0.4) is 0 Å². The monoisotopic (exact) mass is 519 g/mol. The predicted molar refractivity (Wildman–Crippen MR) is 140 cm³/mol. The summed E-state index contributed by atoms with van der Waals surface area (Å²) in [7, 11) is 0. The van der Waals surface area contributed by atoms with Gasteiger partial charge in [0.1, 0.15) is 21.6 Å². The number of urea groups is 1. The Labute approximate surface area is 216 Å². The molecule has 0 bridgehead atoms. The lowest BCUT2D eigenvalue weighted by molar-refractivity contribution is -0.127. The highest BCUT2D eigenvalue weighted by Crippen LogP contribution is 2.45. The molecule has 0 spiro atoms. The number of rotatable bonds is 6. The molecule has 37 heavy (non-hydrogen) atoms. The lowest BCUT2D eigenvalue weighted by atomic mass is 10.1. The second-order valence-corrected chi connectivity index (χ2v) is 10.2. The summed E-state index contributed by atoms with van der Waals surface area (Å²) in [5.41, 5.74) is 1.78. The Bertz CT molecular complexity index is 1400. The largest absolute Gasteiger partial charge is 0.486 e. The number of aromatic nitrogens is 1. The standard InChI is InChI=1S/C26H25N5O5S/c1-2-20(32)30-11-3-4-15(12-30)28-24(33)23-22-21-19(9-10-27-25(21)37-23)31(26(34)29-22)16-5-7-17(8-6-16)36-18-13-35-14-18/h2,5-10,15,18H,1,3-4,11-14H2,(H,28,33)(H,29,34). The molecule has 4 amide bonds. The van der Waals surface area contributed by atoms with Gasteiger partial charge in [0.2, 0.25) is 5.91 Å². The van der Waals surface area contributed by atoms with Crippen LogP contribution in [-0.2, 0) is 9.53 Å². The maximum atomic E-state index is 13.3. The molecule has 6 rings (SSSR count). The molecule has 2 N–H and O–H groups in total. The molecular weight excluding hydrogens is 494 g/mol. The zero-order valence-electron chi connectivity index (χ0n) is 19.9. The Kier molecular flexibility index (Phi) is 6.01. The number of piperidine rings is 1. The first kappa shape index (κ1) is 23.4. The molecule has 1 atom stereocenters. The maximum Gasteiger partial charge on any atom is 0.331 e. The van der Waals surface area contributed by atoms with Crippen LogP contribution in [0.15, 0.2) is 49.2 Å². The van der Waals surface area contributed by atoms with Gasteiger partial charge < -0.3 is 25.0 Å². The summed E-state index contributed by atoms with van der Waals surface area (Å²) in [5, 5.41) is 6.67. The zero-order chi connectivity index (χ0) is 25.5. The molecule has 3 aromatic rings. The fourth-order valence-electron chi connectivity index (χ4n) is 4.82. The SMILES string of the molecule is C=CC(=O)N1CCCC(NC(=O)c2sc3nccc4c3c2NC(=O)N4c2ccc(OC3COC3)cc2)C1. The van der Waals surface area contributed by atoms with Gasteiger partial charge in [-0.25, -0.2) is 9.78 Å². The average molecular weight is 520 g/mol. The molecule has 190 valence electrons. The topological polar surface area (TPSA) is 113 Å².